The zero-order valence-corrected chi connectivity index (χ0v) is 8.03. The van der Waals surface area contributed by atoms with Crippen LogP contribution < -0.4 is 5.32 Å². The molecular weight excluding hydrogens is 174 g/mol. The summed E-state index contributed by atoms with van der Waals surface area (Å²) >= 11 is 0. The predicted octanol–water partition coefficient (Wildman–Crippen LogP) is -0.565. The number of nitrogens with one attached hydrogen (secondary N) is 1. The van der Waals surface area contributed by atoms with E-state index in [1.54, 1.807) is 6.92 Å². The Balaban J connectivity index is 4.24. The molecule has 1 amide bonds. The van der Waals surface area contributed by atoms with Gasteiger partial charge < -0.3 is 15.2 Å². The molecule has 0 bridgehead atoms. The first kappa shape index (κ1) is 11.9. The van der Waals surface area contributed by atoms with Crippen molar-refractivity contribution in [1.29, 1.82) is 0 Å². The highest BCUT2D eigenvalue weighted by Gasteiger charge is 2.25. The molecule has 0 unspecified atom stereocenters. The van der Waals surface area contributed by atoms with Crippen molar-refractivity contribution in [2.75, 3.05) is 6.61 Å². The molecule has 5 nitrogen and oxygen atoms in total. The summed E-state index contributed by atoms with van der Waals surface area (Å²) in [6.07, 6.45) is -0.956. The topological polar surface area (TPSA) is 75.6 Å². The maximum absolute atomic E-state index is 11.1. The molecule has 0 aliphatic carbocycles. The summed E-state index contributed by atoms with van der Waals surface area (Å²) in [6.45, 7) is 4.57. The molecule has 2 atom stereocenters. The van der Waals surface area contributed by atoms with Crippen molar-refractivity contribution < 1.29 is 19.4 Å². The van der Waals surface area contributed by atoms with Crippen LogP contribution in [0, 0.1) is 0 Å². The molecule has 0 aromatic heterocycles. The van der Waals surface area contributed by atoms with Crippen LogP contribution in [0.1, 0.15) is 20.8 Å². The molecule has 0 aromatic rings. The largest absolute Gasteiger partial charge is 0.464 e. The van der Waals surface area contributed by atoms with Crippen LogP contribution in [-0.4, -0.2) is 35.7 Å². The van der Waals surface area contributed by atoms with Crippen LogP contribution in [0.5, 0.6) is 0 Å². The van der Waals surface area contributed by atoms with Crippen molar-refractivity contribution in [3.05, 3.63) is 0 Å². The number of ether oxygens (including phenoxy) is 1. The standard InChI is InChI=1S/C8H15NO4/c1-4-13-8(12)7(5(2)10)9-6(3)11/h5,7,10H,4H2,1-3H3,(H,9,11)/t5-,7-/m0/s1. The SMILES string of the molecule is CCOC(=O)[C@@H](NC(C)=O)[C@H](C)O. The lowest BCUT2D eigenvalue weighted by atomic mass is 10.2. The number of aliphatic hydroxyl groups excluding tert-OH is 1. The van der Waals surface area contributed by atoms with Crippen molar-refractivity contribution in [2.24, 2.45) is 0 Å². The van der Waals surface area contributed by atoms with Crippen molar-refractivity contribution in [3.63, 3.8) is 0 Å². The van der Waals surface area contributed by atoms with Crippen molar-refractivity contribution in [2.45, 2.75) is 32.9 Å². The molecule has 0 saturated carbocycles. The Morgan fingerprint density at radius 1 is 1.54 bits per heavy atom. The van der Waals surface area contributed by atoms with E-state index in [9.17, 15) is 9.59 Å². The van der Waals surface area contributed by atoms with Gasteiger partial charge in [-0.1, -0.05) is 0 Å². The molecule has 0 rings (SSSR count). The van der Waals surface area contributed by atoms with Crippen LogP contribution in [0.25, 0.3) is 0 Å². The summed E-state index contributed by atoms with van der Waals surface area (Å²) in [5.41, 5.74) is 0. The van der Waals surface area contributed by atoms with Gasteiger partial charge >= 0.3 is 5.97 Å². The van der Waals surface area contributed by atoms with Crippen LogP contribution in [0.4, 0.5) is 0 Å². The number of amides is 1. The fraction of sp³-hybridized carbons (Fsp3) is 0.750. The number of carbonyl (C=O) groups is 2. The quantitative estimate of drug-likeness (QED) is 0.581. The van der Waals surface area contributed by atoms with Gasteiger partial charge in [0.15, 0.2) is 6.04 Å². The maximum atomic E-state index is 11.1. The second-order valence-electron chi connectivity index (χ2n) is 2.67. The minimum Gasteiger partial charge on any atom is -0.464 e. The number of esters is 1. The highest BCUT2D eigenvalue weighted by Crippen LogP contribution is 1.96. The number of hydrogen-bond acceptors (Lipinski definition) is 4. The number of aliphatic hydroxyl groups is 1. The van der Waals surface area contributed by atoms with E-state index < -0.39 is 18.1 Å². The third-order valence-corrected chi connectivity index (χ3v) is 1.38. The molecule has 0 radical (unpaired) electrons. The Labute approximate surface area is 77.1 Å². The van der Waals surface area contributed by atoms with E-state index in [2.05, 4.69) is 10.1 Å². The van der Waals surface area contributed by atoms with E-state index in [1.165, 1.54) is 13.8 Å². The van der Waals surface area contributed by atoms with Crippen LogP contribution in [0.2, 0.25) is 0 Å². The van der Waals surface area contributed by atoms with E-state index in [-0.39, 0.29) is 12.5 Å². The van der Waals surface area contributed by atoms with Gasteiger partial charge in [-0.25, -0.2) is 4.79 Å². The van der Waals surface area contributed by atoms with E-state index in [0.717, 1.165) is 0 Å². The van der Waals surface area contributed by atoms with E-state index in [0.29, 0.717) is 0 Å². The van der Waals surface area contributed by atoms with Gasteiger partial charge in [0.2, 0.25) is 5.91 Å². The predicted molar refractivity (Wildman–Crippen MR) is 45.9 cm³/mol. The summed E-state index contributed by atoms with van der Waals surface area (Å²) in [7, 11) is 0. The van der Waals surface area contributed by atoms with Crippen molar-refractivity contribution >= 4 is 11.9 Å². The highest BCUT2D eigenvalue weighted by molar-refractivity contribution is 5.83. The Hall–Kier alpha value is -1.10. The molecule has 2 N–H and O–H groups in total. The zero-order valence-electron chi connectivity index (χ0n) is 8.03. The zero-order chi connectivity index (χ0) is 10.4. The molecule has 0 saturated heterocycles. The Morgan fingerprint density at radius 2 is 2.08 bits per heavy atom. The molecule has 0 aromatic carbocycles. The Kier molecular flexibility index (Phi) is 5.06. The highest BCUT2D eigenvalue weighted by atomic mass is 16.5. The lowest BCUT2D eigenvalue weighted by Gasteiger charge is -2.18. The first-order valence-electron chi connectivity index (χ1n) is 4.10. The van der Waals surface area contributed by atoms with Gasteiger partial charge in [-0.3, -0.25) is 4.79 Å². The fourth-order valence-corrected chi connectivity index (χ4v) is 0.827. The summed E-state index contributed by atoms with van der Waals surface area (Å²) in [4.78, 5) is 21.8. The van der Waals surface area contributed by atoms with Gasteiger partial charge in [0.05, 0.1) is 12.7 Å². The molecule has 0 spiro atoms. The van der Waals surface area contributed by atoms with E-state index in [1.807, 2.05) is 0 Å². The van der Waals surface area contributed by atoms with Crippen LogP contribution >= 0.6 is 0 Å². The smallest absolute Gasteiger partial charge is 0.331 e. The lowest BCUT2D eigenvalue weighted by Crippen LogP contribution is -2.47. The lowest BCUT2D eigenvalue weighted by molar-refractivity contribution is -0.150. The monoisotopic (exact) mass is 189 g/mol. The molecule has 13 heavy (non-hydrogen) atoms. The molecular formula is C8H15NO4. The summed E-state index contributed by atoms with van der Waals surface area (Å²) in [5, 5.41) is 11.4. The first-order valence-corrected chi connectivity index (χ1v) is 4.10. The van der Waals surface area contributed by atoms with Crippen LogP contribution in [0.3, 0.4) is 0 Å². The summed E-state index contributed by atoms with van der Waals surface area (Å²) in [5.74, 6) is -0.994. The van der Waals surface area contributed by atoms with Gasteiger partial charge in [-0.15, -0.1) is 0 Å². The molecule has 0 aliphatic rings. The first-order chi connectivity index (χ1) is 5.99. The molecule has 76 valence electrons. The normalized spacial score (nSPS) is 14.5. The third-order valence-electron chi connectivity index (χ3n) is 1.38. The average Bonchev–Trinajstić information content (AvgIpc) is 1.99. The Morgan fingerprint density at radius 3 is 2.38 bits per heavy atom. The van der Waals surface area contributed by atoms with E-state index >= 15 is 0 Å². The third kappa shape index (κ3) is 4.47. The van der Waals surface area contributed by atoms with Gasteiger partial charge in [0.25, 0.3) is 0 Å². The molecule has 0 aliphatic heterocycles. The minimum absolute atomic E-state index is 0.224. The minimum atomic E-state index is -0.975. The van der Waals surface area contributed by atoms with Gasteiger partial charge in [-0.05, 0) is 13.8 Å². The number of rotatable bonds is 4. The summed E-state index contributed by atoms with van der Waals surface area (Å²) < 4.78 is 4.65. The van der Waals surface area contributed by atoms with Crippen LogP contribution in [-0.2, 0) is 14.3 Å². The number of hydrogen-bond donors (Lipinski definition) is 2. The molecule has 0 heterocycles. The summed E-state index contributed by atoms with van der Waals surface area (Å²) in [6, 6.07) is -0.975. The second kappa shape index (κ2) is 5.53. The fourth-order valence-electron chi connectivity index (χ4n) is 0.827. The van der Waals surface area contributed by atoms with E-state index in [4.69, 9.17) is 5.11 Å². The van der Waals surface area contributed by atoms with Gasteiger partial charge in [0.1, 0.15) is 0 Å². The van der Waals surface area contributed by atoms with Gasteiger partial charge in [-0.2, -0.15) is 0 Å². The van der Waals surface area contributed by atoms with Crippen LogP contribution in [0.15, 0.2) is 0 Å². The van der Waals surface area contributed by atoms with Crippen molar-refractivity contribution in [1.82, 2.24) is 5.32 Å². The maximum Gasteiger partial charge on any atom is 0.331 e. The average molecular weight is 189 g/mol. The number of carbonyl (C=O) groups excluding carboxylic acids is 2. The van der Waals surface area contributed by atoms with Gasteiger partial charge in [0, 0.05) is 6.92 Å². The molecule has 5 heteroatoms. The molecule has 0 fully saturated rings. The van der Waals surface area contributed by atoms with Crippen molar-refractivity contribution in [3.8, 4) is 0 Å². The Bertz CT molecular complexity index is 191. The second-order valence-corrected chi connectivity index (χ2v) is 2.67.